The van der Waals surface area contributed by atoms with Crippen molar-refractivity contribution in [1.29, 1.82) is 0 Å². The van der Waals surface area contributed by atoms with Gasteiger partial charge in [-0.2, -0.15) is 0 Å². The summed E-state index contributed by atoms with van der Waals surface area (Å²) in [4.78, 5) is 13.1. The van der Waals surface area contributed by atoms with Crippen molar-refractivity contribution in [2.24, 2.45) is 29.0 Å². The second-order valence-electron chi connectivity index (χ2n) is 7.47. The fourth-order valence-corrected chi connectivity index (χ4v) is 5.91. The van der Waals surface area contributed by atoms with Crippen LogP contribution in [0.3, 0.4) is 0 Å². The Morgan fingerprint density at radius 1 is 1.09 bits per heavy atom. The average molecular weight is 339 g/mol. The van der Waals surface area contributed by atoms with Crippen LogP contribution in [0.4, 0.5) is 5.69 Å². The smallest absolute Gasteiger partial charge is 0.247 e. The van der Waals surface area contributed by atoms with Crippen molar-refractivity contribution in [3.8, 4) is 0 Å². The van der Waals surface area contributed by atoms with Crippen LogP contribution in [0, 0.1) is 23.2 Å². The number of rotatable bonds is 2. The predicted octanol–water partition coefficient (Wildman–Crippen LogP) is 4.42. The highest BCUT2D eigenvalue weighted by atomic mass is 35.5. The summed E-state index contributed by atoms with van der Waals surface area (Å²) in [5, 5.41) is 2.24. The van der Waals surface area contributed by atoms with E-state index >= 15 is 0 Å². The van der Waals surface area contributed by atoms with Gasteiger partial charge in [0.25, 0.3) is 0 Å². The second kappa shape index (κ2) is 5.12. The summed E-state index contributed by atoms with van der Waals surface area (Å²) in [6.45, 7) is 0. The third kappa shape index (κ3) is 2.26. The highest BCUT2D eigenvalue weighted by Gasteiger charge is 2.55. The Bertz CT molecular complexity index is 596. The normalized spacial score (nSPS) is 35.7. The molecule has 0 heterocycles. The maximum atomic E-state index is 13.1. The number of hydrogen-bond donors (Lipinski definition) is 1. The molecule has 0 unspecified atom stereocenters. The third-order valence-corrected chi connectivity index (χ3v) is 6.42. The molecule has 0 atom stereocenters. The maximum Gasteiger partial charge on any atom is 0.247 e. The van der Waals surface area contributed by atoms with Gasteiger partial charge in [-0.1, -0.05) is 23.2 Å². The van der Waals surface area contributed by atoms with Crippen LogP contribution in [0.1, 0.15) is 38.5 Å². The number of nitrogens with zero attached hydrogens (tertiary/aromatic N) is 1. The van der Waals surface area contributed by atoms with Crippen molar-refractivity contribution < 1.29 is 4.79 Å². The molecule has 0 saturated heterocycles. The Morgan fingerprint density at radius 2 is 1.64 bits per heavy atom. The zero-order valence-electron chi connectivity index (χ0n) is 12.4. The van der Waals surface area contributed by atoms with Crippen molar-refractivity contribution in [2.45, 2.75) is 38.5 Å². The highest BCUT2D eigenvalue weighted by Crippen LogP contribution is 2.60. The van der Waals surface area contributed by atoms with Gasteiger partial charge < -0.3 is 0 Å². The van der Waals surface area contributed by atoms with E-state index in [1.807, 2.05) is 0 Å². The average Bonchev–Trinajstić information content (AvgIpc) is 2.44. The molecule has 0 aromatic heterocycles. The summed E-state index contributed by atoms with van der Waals surface area (Å²) in [7, 11) is 0. The van der Waals surface area contributed by atoms with E-state index in [1.54, 1.807) is 18.2 Å². The second-order valence-corrected chi connectivity index (χ2v) is 8.31. The molecule has 2 N–H and O–H groups in total. The molecule has 4 aliphatic rings. The van der Waals surface area contributed by atoms with Crippen LogP contribution < -0.4 is 10.9 Å². The first kappa shape index (κ1) is 14.8. The topological polar surface area (TPSA) is 46.3 Å². The summed E-state index contributed by atoms with van der Waals surface area (Å²) in [5.41, 5.74) is 0.290. The standard InChI is InChI=1S/C17H20Cl2N2O/c18-13-1-2-15(14(19)6-13)21(20)16(22)17-7-10-3-11(8-17)5-12(4-10)9-17/h1-2,6,10-12H,3-5,7-9,20H2. The Balaban J connectivity index is 1.63. The predicted molar refractivity (Wildman–Crippen MR) is 88.7 cm³/mol. The van der Waals surface area contributed by atoms with Gasteiger partial charge in [0.1, 0.15) is 0 Å². The molecule has 4 saturated carbocycles. The van der Waals surface area contributed by atoms with Gasteiger partial charge >= 0.3 is 0 Å². The van der Waals surface area contributed by atoms with E-state index in [9.17, 15) is 4.79 Å². The number of benzene rings is 1. The highest BCUT2D eigenvalue weighted by molar-refractivity contribution is 6.36. The molecule has 4 aliphatic carbocycles. The van der Waals surface area contributed by atoms with Gasteiger partial charge in [-0.05, 0) is 74.5 Å². The number of carbonyl (C=O) groups excluding carboxylic acids is 1. The van der Waals surface area contributed by atoms with Gasteiger partial charge in [0.15, 0.2) is 0 Å². The van der Waals surface area contributed by atoms with Crippen LogP contribution >= 0.6 is 23.2 Å². The monoisotopic (exact) mass is 338 g/mol. The Hall–Kier alpha value is -0.770. The minimum atomic E-state index is -0.257. The number of amides is 1. The van der Waals surface area contributed by atoms with E-state index in [4.69, 9.17) is 29.0 Å². The van der Waals surface area contributed by atoms with E-state index in [0.29, 0.717) is 33.5 Å². The van der Waals surface area contributed by atoms with Crippen LogP contribution in [0.5, 0.6) is 0 Å². The van der Waals surface area contributed by atoms with Gasteiger partial charge in [-0.3, -0.25) is 4.79 Å². The summed E-state index contributed by atoms with van der Waals surface area (Å²) in [5.74, 6) is 8.34. The van der Waals surface area contributed by atoms with Crippen LogP contribution in [-0.2, 0) is 4.79 Å². The fraction of sp³-hybridized carbons (Fsp3) is 0.588. The van der Waals surface area contributed by atoms with Gasteiger partial charge in [-0.15, -0.1) is 0 Å². The van der Waals surface area contributed by atoms with Gasteiger partial charge in [-0.25, -0.2) is 10.9 Å². The molecule has 0 spiro atoms. The molecule has 5 heteroatoms. The van der Waals surface area contributed by atoms with E-state index in [0.717, 1.165) is 19.3 Å². The number of halogens is 2. The first-order valence-corrected chi connectivity index (χ1v) is 8.77. The number of hydrazine groups is 1. The molecular weight excluding hydrogens is 319 g/mol. The number of carbonyl (C=O) groups is 1. The Kier molecular flexibility index (Phi) is 3.44. The molecule has 4 bridgehead atoms. The van der Waals surface area contributed by atoms with Crippen LogP contribution in [0.2, 0.25) is 10.0 Å². The molecule has 0 aliphatic heterocycles. The van der Waals surface area contributed by atoms with Crippen LogP contribution in [-0.4, -0.2) is 5.91 Å². The Labute approximate surface area is 140 Å². The van der Waals surface area contributed by atoms with E-state index in [1.165, 1.54) is 24.3 Å². The lowest BCUT2D eigenvalue weighted by atomic mass is 9.49. The van der Waals surface area contributed by atoms with Gasteiger partial charge in [0.2, 0.25) is 5.91 Å². The van der Waals surface area contributed by atoms with E-state index in [2.05, 4.69) is 0 Å². The summed E-state index contributed by atoms with van der Waals surface area (Å²) in [6, 6.07) is 5.07. The van der Waals surface area contributed by atoms with Gasteiger partial charge in [0, 0.05) is 5.02 Å². The lowest BCUT2D eigenvalue weighted by Gasteiger charge is -2.56. The molecule has 118 valence electrons. The van der Waals surface area contributed by atoms with Gasteiger partial charge in [0.05, 0.1) is 16.1 Å². The van der Waals surface area contributed by atoms with Crippen molar-refractivity contribution in [3.05, 3.63) is 28.2 Å². The molecule has 0 radical (unpaired) electrons. The lowest BCUT2D eigenvalue weighted by molar-refractivity contribution is -0.143. The quantitative estimate of drug-likeness (QED) is 0.493. The maximum absolute atomic E-state index is 13.1. The fourth-order valence-electron chi connectivity index (χ4n) is 5.41. The zero-order chi connectivity index (χ0) is 15.5. The first-order valence-electron chi connectivity index (χ1n) is 8.01. The molecule has 3 nitrogen and oxygen atoms in total. The Morgan fingerprint density at radius 3 is 2.14 bits per heavy atom. The third-order valence-electron chi connectivity index (χ3n) is 5.88. The number of anilines is 1. The molecule has 22 heavy (non-hydrogen) atoms. The van der Waals surface area contributed by atoms with Crippen LogP contribution in [0.15, 0.2) is 18.2 Å². The summed E-state index contributed by atoms with van der Waals surface area (Å²) < 4.78 is 0. The molecular formula is C17H20Cl2N2O. The van der Waals surface area contributed by atoms with Crippen LogP contribution in [0.25, 0.3) is 0 Å². The lowest BCUT2D eigenvalue weighted by Crippen LogP contribution is -2.56. The summed E-state index contributed by atoms with van der Waals surface area (Å²) in [6.07, 6.45) is 6.90. The minimum absolute atomic E-state index is 0.0378. The molecule has 1 amide bonds. The number of nitrogens with two attached hydrogens (primary N) is 1. The largest absolute Gasteiger partial charge is 0.272 e. The van der Waals surface area contributed by atoms with Crippen molar-refractivity contribution in [1.82, 2.24) is 0 Å². The van der Waals surface area contributed by atoms with E-state index in [-0.39, 0.29) is 11.3 Å². The molecule has 1 aromatic carbocycles. The minimum Gasteiger partial charge on any atom is -0.272 e. The zero-order valence-corrected chi connectivity index (χ0v) is 13.9. The SMILES string of the molecule is NN(C(=O)C12CC3CC(CC(C3)C1)C2)c1ccc(Cl)cc1Cl. The molecule has 5 rings (SSSR count). The molecule has 4 fully saturated rings. The van der Waals surface area contributed by atoms with E-state index < -0.39 is 0 Å². The molecule has 1 aromatic rings. The number of hydrogen-bond acceptors (Lipinski definition) is 2. The summed E-state index contributed by atoms with van der Waals surface area (Å²) >= 11 is 12.1. The van der Waals surface area contributed by atoms with Crippen molar-refractivity contribution in [2.75, 3.05) is 5.01 Å². The van der Waals surface area contributed by atoms with Crippen molar-refractivity contribution >= 4 is 34.8 Å². The van der Waals surface area contributed by atoms with Crippen molar-refractivity contribution in [3.63, 3.8) is 0 Å². The first-order chi connectivity index (χ1) is 10.5.